The fourth-order valence-corrected chi connectivity index (χ4v) is 3.08. The van der Waals surface area contributed by atoms with Crippen LogP contribution in [0.2, 0.25) is 10.2 Å². The van der Waals surface area contributed by atoms with Gasteiger partial charge in [-0.1, -0.05) is 53.5 Å². The minimum atomic E-state index is -0.549. The van der Waals surface area contributed by atoms with E-state index in [0.29, 0.717) is 22.8 Å². The summed E-state index contributed by atoms with van der Waals surface area (Å²) < 4.78 is 6.88. The van der Waals surface area contributed by atoms with Gasteiger partial charge in [0.25, 0.3) is 0 Å². The highest BCUT2D eigenvalue weighted by Crippen LogP contribution is 2.24. The molecule has 0 amide bonds. The molecule has 136 valence electrons. The molecule has 0 unspecified atom stereocenters. The van der Waals surface area contributed by atoms with Crippen LogP contribution in [0.3, 0.4) is 0 Å². The summed E-state index contributed by atoms with van der Waals surface area (Å²) in [6.45, 7) is 2.13. The number of aromatic nitrogens is 2. The first-order chi connectivity index (χ1) is 13.0. The molecule has 0 aliphatic heterocycles. The highest BCUT2D eigenvalue weighted by molar-refractivity contribution is 6.33. The Hall–Kier alpha value is -2.81. The summed E-state index contributed by atoms with van der Waals surface area (Å²) in [4.78, 5) is 12.5. The molecule has 0 bridgehead atoms. The fraction of sp³-hybridized carbons (Fsp3) is 0.150. The van der Waals surface area contributed by atoms with Gasteiger partial charge in [-0.25, -0.2) is 9.48 Å². The van der Waals surface area contributed by atoms with Crippen molar-refractivity contribution in [2.75, 3.05) is 0 Å². The molecular weight excluding hydrogens is 385 g/mol. The maximum Gasteiger partial charge on any atom is 0.343 e. The molecule has 1 heterocycles. The predicted molar refractivity (Wildman–Crippen MR) is 103 cm³/mol. The quantitative estimate of drug-likeness (QED) is 0.579. The number of hydrogen-bond donors (Lipinski definition) is 0. The Bertz CT molecular complexity index is 1020. The number of esters is 1. The number of aryl methyl sites for hydroxylation is 1. The van der Waals surface area contributed by atoms with Gasteiger partial charge in [0.05, 0.1) is 23.9 Å². The zero-order valence-electron chi connectivity index (χ0n) is 14.4. The lowest BCUT2D eigenvalue weighted by Crippen LogP contribution is -2.07. The van der Waals surface area contributed by atoms with E-state index in [0.717, 1.165) is 11.1 Å². The lowest BCUT2D eigenvalue weighted by molar-refractivity contribution is 0.0472. The maximum absolute atomic E-state index is 12.5. The number of carbonyl (C=O) groups excluding carboxylic acids is 1. The van der Waals surface area contributed by atoms with Crippen molar-refractivity contribution in [3.05, 3.63) is 86.7 Å². The number of carbonyl (C=O) groups is 1. The third-order valence-electron chi connectivity index (χ3n) is 4.00. The van der Waals surface area contributed by atoms with Crippen LogP contribution in [0.15, 0.2) is 48.5 Å². The SMILES string of the molecule is Cc1nn(Cc2ccccc2Cl)c(Cl)c1C(=O)OCc1ccc(C#N)cc1. The van der Waals surface area contributed by atoms with Gasteiger partial charge in [0.1, 0.15) is 17.3 Å². The Balaban J connectivity index is 1.74. The molecule has 0 saturated carbocycles. The molecule has 7 heteroatoms. The first kappa shape index (κ1) is 19.0. The van der Waals surface area contributed by atoms with Gasteiger partial charge in [0.2, 0.25) is 0 Å². The lowest BCUT2D eigenvalue weighted by Gasteiger charge is -2.07. The van der Waals surface area contributed by atoms with E-state index < -0.39 is 5.97 Å². The van der Waals surface area contributed by atoms with Crippen molar-refractivity contribution in [1.29, 1.82) is 5.26 Å². The molecule has 0 atom stereocenters. The summed E-state index contributed by atoms with van der Waals surface area (Å²) in [7, 11) is 0. The fourth-order valence-electron chi connectivity index (χ4n) is 2.57. The molecule has 1 aromatic heterocycles. The Kier molecular flexibility index (Phi) is 5.80. The van der Waals surface area contributed by atoms with E-state index >= 15 is 0 Å². The molecule has 0 N–H and O–H groups in total. The second-order valence-corrected chi connectivity index (χ2v) is 6.65. The molecule has 5 nitrogen and oxygen atoms in total. The minimum absolute atomic E-state index is 0.0794. The minimum Gasteiger partial charge on any atom is -0.457 e. The summed E-state index contributed by atoms with van der Waals surface area (Å²) in [6.07, 6.45) is 0. The Morgan fingerprint density at radius 1 is 1.19 bits per heavy atom. The molecule has 0 aliphatic carbocycles. The normalized spacial score (nSPS) is 10.4. The van der Waals surface area contributed by atoms with Crippen molar-refractivity contribution < 1.29 is 9.53 Å². The van der Waals surface area contributed by atoms with Gasteiger partial charge in [-0.2, -0.15) is 10.4 Å². The van der Waals surface area contributed by atoms with Crippen LogP contribution in [0.1, 0.15) is 32.7 Å². The third kappa shape index (κ3) is 4.30. The molecule has 2 aromatic carbocycles. The maximum atomic E-state index is 12.5. The molecule has 0 saturated heterocycles. The van der Waals surface area contributed by atoms with E-state index in [9.17, 15) is 4.79 Å². The number of ether oxygens (including phenoxy) is 1. The second kappa shape index (κ2) is 8.26. The summed E-state index contributed by atoms with van der Waals surface area (Å²) in [6, 6.07) is 16.2. The van der Waals surface area contributed by atoms with Crippen LogP contribution in [0.5, 0.6) is 0 Å². The van der Waals surface area contributed by atoms with E-state index in [-0.39, 0.29) is 17.3 Å². The van der Waals surface area contributed by atoms with E-state index in [4.69, 9.17) is 33.2 Å². The highest BCUT2D eigenvalue weighted by atomic mass is 35.5. The molecule has 3 rings (SSSR count). The number of rotatable bonds is 5. The number of hydrogen-bond acceptors (Lipinski definition) is 4. The summed E-state index contributed by atoms with van der Waals surface area (Å²) in [5.41, 5.74) is 2.89. The number of benzene rings is 2. The zero-order valence-corrected chi connectivity index (χ0v) is 16.0. The zero-order chi connectivity index (χ0) is 19.4. The molecule has 3 aromatic rings. The Labute approximate surface area is 166 Å². The monoisotopic (exact) mass is 399 g/mol. The number of nitriles is 1. The van der Waals surface area contributed by atoms with Crippen LogP contribution >= 0.6 is 23.2 Å². The van der Waals surface area contributed by atoms with Crippen molar-refractivity contribution in [3.63, 3.8) is 0 Å². The van der Waals surface area contributed by atoms with Gasteiger partial charge >= 0.3 is 5.97 Å². The number of halogens is 2. The standard InChI is InChI=1S/C20H15Cl2N3O2/c1-13-18(20(26)27-12-15-8-6-14(10-23)7-9-15)19(22)25(24-13)11-16-4-2-3-5-17(16)21/h2-9H,11-12H2,1H3. The molecule has 0 spiro atoms. The van der Waals surface area contributed by atoms with Crippen LogP contribution < -0.4 is 0 Å². The molecule has 0 radical (unpaired) electrons. The van der Waals surface area contributed by atoms with Crippen molar-refractivity contribution in [2.24, 2.45) is 0 Å². The molecular formula is C20H15Cl2N3O2. The van der Waals surface area contributed by atoms with Gasteiger partial charge in [-0.15, -0.1) is 0 Å². The van der Waals surface area contributed by atoms with Gasteiger partial charge in [-0.05, 0) is 36.2 Å². The topological polar surface area (TPSA) is 67.9 Å². The van der Waals surface area contributed by atoms with Crippen molar-refractivity contribution in [3.8, 4) is 6.07 Å². The summed E-state index contributed by atoms with van der Waals surface area (Å²) in [5, 5.41) is 14.0. The highest BCUT2D eigenvalue weighted by Gasteiger charge is 2.22. The number of nitrogens with zero attached hydrogens (tertiary/aromatic N) is 3. The van der Waals surface area contributed by atoms with E-state index in [1.807, 2.05) is 24.3 Å². The van der Waals surface area contributed by atoms with E-state index in [1.165, 1.54) is 4.68 Å². The van der Waals surface area contributed by atoms with Crippen LogP contribution in [-0.2, 0) is 17.9 Å². The van der Waals surface area contributed by atoms with Gasteiger partial charge in [0, 0.05) is 5.02 Å². The van der Waals surface area contributed by atoms with Crippen molar-refractivity contribution in [1.82, 2.24) is 9.78 Å². The largest absolute Gasteiger partial charge is 0.457 e. The molecule has 27 heavy (non-hydrogen) atoms. The predicted octanol–water partition coefficient (Wildman–Crippen LogP) is 4.78. The summed E-state index contributed by atoms with van der Waals surface area (Å²) >= 11 is 12.5. The van der Waals surface area contributed by atoms with Gasteiger partial charge in [0.15, 0.2) is 0 Å². The van der Waals surface area contributed by atoms with Crippen LogP contribution in [0.4, 0.5) is 0 Å². The third-order valence-corrected chi connectivity index (χ3v) is 4.75. The average Bonchev–Trinajstić information content (AvgIpc) is 2.95. The van der Waals surface area contributed by atoms with Crippen molar-refractivity contribution >= 4 is 29.2 Å². The van der Waals surface area contributed by atoms with Gasteiger partial charge in [-0.3, -0.25) is 0 Å². The molecule has 0 aliphatic rings. The van der Waals surface area contributed by atoms with Crippen molar-refractivity contribution in [2.45, 2.75) is 20.1 Å². The van der Waals surface area contributed by atoms with E-state index in [2.05, 4.69) is 5.10 Å². The second-order valence-electron chi connectivity index (χ2n) is 5.89. The average molecular weight is 400 g/mol. The van der Waals surface area contributed by atoms with Crippen LogP contribution in [0.25, 0.3) is 0 Å². The molecule has 0 fully saturated rings. The van der Waals surface area contributed by atoms with Crippen LogP contribution in [-0.4, -0.2) is 15.7 Å². The Morgan fingerprint density at radius 2 is 1.89 bits per heavy atom. The smallest absolute Gasteiger partial charge is 0.343 e. The van der Waals surface area contributed by atoms with E-state index in [1.54, 1.807) is 37.3 Å². The van der Waals surface area contributed by atoms with Crippen LogP contribution in [0, 0.1) is 18.3 Å². The van der Waals surface area contributed by atoms with Gasteiger partial charge < -0.3 is 4.74 Å². The summed E-state index contributed by atoms with van der Waals surface area (Å²) in [5.74, 6) is -0.549. The Morgan fingerprint density at radius 3 is 2.56 bits per heavy atom. The first-order valence-corrected chi connectivity index (χ1v) is 8.87. The lowest BCUT2D eigenvalue weighted by atomic mass is 10.1. The first-order valence-electron chi connectivity index (χ1n) is 8.12.